The van der Waals surface area contributed by atoms with E-state index in [2.05, 4.69) is 10.4 Å². The summed E-state index contributed by atoms with van der Waals surface area (Å²) in [6, 6.07) is 0. The number of ether oxygens (including phenoxy) is 2. The SMILES string of the molecule is Cn1ncc(NCCC2(C)OCCO2)c(Cl)c1=O. The second-order valence-corrected chi connectivity index (χ2v) is 4.69. The van der Waals surface area contributed by atoms with Crippen molar-refractivity contribution in [3.63, 3.8) is 0 Å². The van der Waals surface area contributed by atoms with Crippen molar-refractivity contribution in [3.05, 3.63) is 21.6 Å². The molecule has 1 saturated heterocycles. The van der Waals surface area contributed by atoms with Crippen molar-refractivity contribution in [2.75, 3.05) is 25.1 Å². The Morgan fingerprint density at radius 1 is 1.56 bits per heavy atom. The topological polar surface area (TPSA) is 65.4 Å². The van der Waals surface area contributed by atoms with Gasteiger partial charge in [-0.25, -0.2) is 4.68 Å². The molecular weight excluding hydrogens is 258 g/mol. The molecule has 1 N–H and O–H groups in total. The zero-order valence-corrected chi connectivity index (χ0v) is 11.2. The summed E-state index contributed by atoms with van der Waals surface area (Å²) in [7, 11) is 1.55. The molecule has 100 valence electrons. The van der Waals surface area contributed by atoms with Gasteiger partial charge < -0.3 is 14.8 Å². The van der Waals surface area contributed by atoms with Crippen LogP contribution in [0.25, 0.3) is 0 Å². The van der Waals surface area contributed by atoms with Gasteiger partial charge in [-0.1, -0.05) is 11.6 Å². The van der Waals surface area contributed by atoms with Crippen LogP contribution in [0.5, 0.6) is 0 Å². The second-order valence-electron chi connectivity index (χ2n) is 4.31. The molecule has 2 heterocycles. The first kappa shape index (κ1) is 13.3. The van der Waals surface area contributed by atoms with Crippen molar-refractivity contribution in [2.45, 2.75) is 19.1 Å². The van der Waals surface area contributed by atoms with Crippen LogP contribution in [0, 0.1) is 0 Å². The van der Waals surface area contributed by atoms with E-state index in [-0.39, 0.29) is 10.6 Å². The molecule has 0 spiro atoms. The number of hydrogen-bond acceptors (Lipinski definition) is 5. The van der Waals surface area contributed by atoms with Crippen molar-refractivity contribution in [1.29, 1.82) is 0 Å². The van der Waals surface area contributed by atoms with Gasteiger partial charge in [-0.15, -0.1) is 0 Å². The van der Waals surface area contributed by atoms with E-state index in [1.807, 2.05) is 6.92 Å². The van der Waals surface area contributed by atoms with E-state index in [9.17, 15) is 4.79 Å². The zero-order chi connectivity index (χ0) is 13.2. The fourth-order valence-electron chi connectivity index (χ4n) is 1.76. The third-order valence-electron chi connectivity index (χ3n) is 2.87. The molecule has 0 atom stereocenters. The average molecular weight is 274 g/mol. The number of anilines is 1. The number of nitrogens with one attached hydrogen (secondary N) is 1. The lowest BCUT2D eigenvalue weighted by molar-refractivity contribution is -0.144. The fraction of sp³-hybridized carbons (Fsp3) is 0.636. The van der Waals surface area contributed by atoms with Gasteiger partial charge in [0.15, 0.2) is 5.79 Å². The summed E-state index contributed by atoms with van der Waals surface area (Å²) in [5.74, 6) is -0.549. The predicted molar refractivity (Wildman–Crippen MR) is 67.9 cm³/mol. The molecule has 0 unspecified atom stereocenters. The molecule has 7 heteroatoms. The third-order valence-corrected chi connectivity index (χ3v) is 3.24. The zero-order valence-electron chi connectivity index (χ0n) is 10.4. The molecule has 0 radical (unpaired) electrons. The van der Waals surface area contributed by atoms with E-state index in [0.717, 1.165) is 0 Å². The molecule has 2 rings (SSSR count). The summed E-state index contributed by atoms with van der Waals surface area (Å²) in [4.78, 5) is 11.6. The maximum Gasteiger partial charge on any atom is 0.287 e. The summed E-state index contributed by atoms with van der Waals surface area (Å²) in [6.07, 6.45) is 2.20. The minimum atomic E-state index is -0.549. The van der Waals surface area contributed by atoms with Crippen molar-refractivity contribution in [3.8, 4) is 0 Å². The van der Waals surface area contributed by atoms with Crippen molar-refractivity contribution in [1.82, 2.24) is 9.78 Å². The van der Waals surface area contributed by atoms with Crippen molar-refractivity contribution < 1.29 is 9.47 Å². The van der Waals surface area contributed by atoms with Crippen LogP contribution in [-0.4, -0.2) is 35.3 Å². The minimum absolute atomic E-state index is 0.144. The Morgan fingerprint density at radius 2 is 2.22 bits per heavy atom. The average Bonchev–Trinajstić information content (AvgIpc) is 2.77. The van der Waals surface area contributed by atoms with Crippen LogP contribution in [-0.2, 0) is 16.5 Å². The van der Waals surface area contributed by atoms with E-state index in [0.29, 0.717) is 31.9 Å². The van der Waals surface area contributed by atoms with Crippen LogP contribution < -0.4 is 10.9 Å². The van der Waals surface area contributed by atoms with E-state index in [1.165, 1.54) is 10.9 Å². The summed E-state index contributed by atoms with van der Waals surface area (Å²) < 4.78 is 12.1. The lowest BCUT2D eigenvalue weighted by Crippen LogP contribution is -2.29. The summed E-state index contributed by atoms with van der Waals surface area (Å²) in [6.45, 7) is 3.71. The number of hydrogen-bond donors (Lipinski definition) is 1. The Labute approximate surface area is 110 Å². The number of aryl methyl sites for hydroxylation is 1. The van der Waals surface area contributed by atoms with Crippen LogP contribution in [0.15, 0.2) is 11.0 Å². The highest BCUT2D eigenvalue weighted by Gasteiger charge is 2.30. The van der Waals surface area contributed by atoms with Gasteiger partial charge >= 0.3 is 0 Å². The van der Waals surface area contributed by atoms with Gasteiger partial charge in [0.2, 0.25) is 0 Å². The van der Waals surface area contributed by atoms with Crippen LogP contribution in [0.2, 0.25) is 5.02 Å². The summed E-state index contributed by atoms with van der Waals surface area (Å²) in [5.41, 5.74) is 0.211. The highest BCUT2D eigenvalue weighted by molar-refractivity contribution is 6.32. The van der Waals surface area contributed by atoms with Crippen molar-refractivity contribution in [2.24, 2.45) is 7.05 Å². The van der Waals surface area contributed by atoms with Gasteiger partial charge in [-0.05, 0) is 6.92 Å². The normalized spacial score (nSPS) is 17.9. The number of rotatable bonds is 4. The van der Waals surface area contributed by atoms with E-state index in [1.54, 1.807) is 7.05 Å². The van der Waals surface area contributed by atoms with Crippen LogP contribution >= 0.6 is 11.6 Å². The number of nitrogens with zero attached hydrogens (tertiary/aromatic N) is 2. The first-order valence-corrected chi connectivity index (χ1v) is 6.13. The Bertz CT molecular complexity index is 483. The first-order chi connectivity index (χ1) is 8.52. The fourth-order valence-corrected chi connectivity index (χ4v) is 2.00. The number of halogens is 1. The molecule has 0 aliphatic carbocycles. The molecule has 0 amide bonds. The quantitative estimate of drug-likeness (QED) is 0.887. The molecular formula is C11H16ClN3O3. The van der Waals surface area contributed by atoms with E-state index in [4.69, 9.17) is 21.1 Å². The van der Waals surface area contributed by atoms with E-state index < -0.39 is 5.79 Å². The lowest BCUT2D eigenvalue weighted by Gasteiger charge is -2.22. The van der Waals surface area contributed by atoms with Gasteiger partial charge in [0.25, 0.3) is 5.56 Å². The molecule has 0 aromatic carbocycles. The van der Waals surface area contributed by atoms with Gasteiger partial charge in [-0.3, -0.25) is 4.79 Å². The van der Waals surface area contributed by atoms with Crippen molar-refractivity contribution >= 4 is 17.3 Å². The van der Waals surface area contributed by atoms with Crippen LogP contribution in [0.1, 0.15) is 13.3 Å². The Kier molecular flexibility index (Phi) is 3.89. The monoisotopic (exact) mass is 273 g/mol. The molecule has 0 bridgehead atoms. The Morgan fingerprint density at radius 3 is 2.89 bits per heavy atom. The molecule has 18 heavy (non-hydrogen) atoms. The molecule has 1 aromatic heterocycles. The largest absolute Gasteiger partial charge is 0.382 e. The lowest BCUT2D eigenvalue weighted by atomic mass is 10.2. The van der Waals surface area contributed by atoms with Gasteiger partial charge in [0.1, 0.15) is 5.02 Å². The maximum atomic E-state index is 11.6. The minimum Gasteiger partial charge on any atom is -0.382 e. The van der Waals surface area contributed by atoms with E-state index >= 15 is 0 Å². The highest BCUT2D eigenvalue weighted by atomic mass is 35.5. The van der Waals surface area contributed by atoms with Gasteiger partial charge in [0.05, 0.1) is 25.1 Å². The standard InChI is InChI=1S/C11H16ClN3O3/c1-11(17-5-6-18-11)3-4-13-8-7-14-15(2)10(16)9(8)12/h7,13H,3-6H2,1-2H3. The molecule has 0 saturated carbocycles. The van der Waals surface area contributed by atoms with Gasteiger partial charge in [-0.2, -0.15) is 5.10 Å². The molecule has 1 aliphatic rings. The second kappa shape index (κ2) is 5.26. The van der Waals surface area contributed by atoms with Gasteiger partial charge in [0, 0.05) is 20.0 Å². The Hall–Kier alpha value is -1.11. The van der Waals surface area contributed by atoms with Crippen LogP contribution in [0.3, 0.4) is 0 Å². The first-order valence-electron chi connectivity index (χ1n) is 5.75. The highest BCUT2D eigenvalue weighted by Crippen LogP contribution is 2.23. The predicted octanol–water partition coefficient (Wildman–Crippen LogP) is 0.999. The Balaban J connectivity index is 1.95. The molecule has 6 nitrogen and oxygen atoms in total. The molecule has 1 fully saturated rings. The molecule has 1 aromatic rings. The van der Waals surface area contributed by atoms with Crippen LogP contribution in [0.4, 0.5) is 5.69 Å². The summed E-state index contributed by atoms with van der Waals surface area (Å²) in [5, 5.41) is 7.11. The summed E-state index contributed by atoms with van der Waals surface area (Å²) >= 11 is 5.93. The maximum absolute atomic E-state index is 11.6. The number of aromatic nitrogens is 2. The molecule has 1 aliphatic heterocycles. The smallest absolute Gasteiger partial charge is 0.287 e. The third kappa shape index (κ3) is 2.82.